The van der Waals surface area contributed by atoms with Gasteiger partial charge in [-0.3, -0.25) is 9.36 Å². The molecule has 0 bridgehead atoms. The van der Waals surface area contributed by atoms with Crippen molar-refractivity contribution >= 4 is 23.4 Å². The molecule has 2 heterocycles. The first-order valence-corrected chi connectivity index (χ1v) is 9.28. The summed E-state index contributed by atoms with van der Waals surface area (Å²) in [6, 6.07) is 18.1. The Labute approximate surface area is 150 Å². The van der Waals surface area contributed by atoms with Crippen LogP contribution in [0.3, 0.4) is 0 Å². The smallest absolute Gasteiger partial charge is 0.237 e. The van der Waals surface area contributed by atoms with Crippen molar-refractivity contribution in [1.29, 1.82) is 0 Å². The Morgan fingerprint density at radius 3 is 2.76 bits per heavy atom. The van der Waals surface area contributed by atoms with Gasteiger partial charge in [-0.15, -0.1) is 10.2 Å². The lowest BCUT2D eigenvalue weighted by Crippen LogP contribution is -2.36. The fourth-order valence-corrected chi connectivity index (χ4v) is 3.89. The molecule has 3 aromatic rings. The van der Waals surface area contributed by atoms with E-state index in [9.17, 15) is 4.79 Å². The predicted octanol–water partition coefficient (Wildman–Crippen LogP) is 3.34. The zero-order valence-corrected chi connectivity index (χ0v) is 14.5. The van der Waals surface area contributed by atoms with Gasteiger partial charge in [0.05, 0.1) is 5.75 Å². The number of fused-ring (bicyclic) bond motifs is 1. The molecule has 0 spiro atoms. The molecule has 126 valence electrons. The van der Waals surface area contributed by atoms with Crippen LogP contribution in [-0.2, 0) is 11.2 Å². The minimum Gasteiger partial charge on any atom is -0.311 e. The first-order valence-electron chi connectivity index (χ1n) is 8.29. The molecule has 0 atom stereocenters. The van der Waals surface area contributed by atoms with Gasteiger partial charge in [0.15, 0.2) is 5.16 Å². The standard InChI is InChI=1S/C19H18N4OS/c24-18(22-12-6-8-15-7-4-5-11-17(15)22)13-25-19-21-20-14-23(19)16-9-2-1-3-10-16/h1-5,7,9-11,14H,6,8,12-13H2. The van der Waals surface area contributed by atoms with Gasteiger partial charge in [-0.2, -0.15) is 0 Å². The number of aromatic nitrogens is 3. The number of hydrogen-bond acceptors (Lipinski definition) is 4. The van der Waals surface area contributed by atoms with Gasteiger partial charge in [-0.05, 0) is 36.6 Å². The second-order valence-electron chi connectivity index (χ2n) is 5.89. The molecular formula is C19H18N4OS. The van der Waals surface area contributed by atoms with E-state index in [0.29, 0.717) is 5.75 Å². The summed E-state index contributed by atoms with van der Waals surface area (Å²) in [5.41, 5.74) is 3.29. The lowest BCUT2D eigenvalue weighted by Gasteiger charge is -2.29. The van der Waals surface area contributed by atoms with Crippen molar-refractivity contribution in [3.63, 3.8) is 0 Å². The van der Waals surface area contributed by atoms with Crippen LogP contribution in [0.25, 0.3) is 5.69 Å². The summed E-state index contributed by atoms with van der Waals surface area (Å²) in [6.07, 6.45) is 3.72. The Morgan fingerprint density at radius 1 is 1.08 bits per heavy atom. The van der Waals surface area contributed by atoms with E-state index in [1.807, 2.05) is 58.0 Å². The highest BCUT2D eigenvalue weighted by Crippen LogP contribution is 2.28. The van der Waals surface area contributed by atoms with Crippen LogP contribution in [0.1, 0.15) is 12.0 Å². The van der Waals surface area contributed by atoms with Crippen LogP contribution >= 0.6 is 11.8 Å². The van der Waals surface area contributed by atoms with Crippen molar-refractivity contribution in [2.45, 2.75) is 18.0 Å². The normalized spacial score (nSPS) is 13.5. The SMILES string of the molecule is O=C(CSc1nncn1-c1ccccc1)N1CCCc2ccccc21. The van der Waals surface area contributed by atoms with Gasteiger partial charge in [0.25, 0.3) is 0 Å². The number of carbonyl (C=O) groups is 1. The molecule has 2 aromatic carbocycles. The van der Waals surface area contributed by atoms with Gasteiger partial charge >= 0.3 is 0 Å². The maximum Gasteiger partial charge on any atom is 0.237 e. The van der Waals surface area contributed by atoms with Gasteiger partial charge in [-0.25, -0.2) is 0 Å². The van der Waals surface area contributed by atoms with Gasteiger partial charge in [-0.1, -0.05) is 48.2 Å². The highest BCUT2D eigenvalue weighted by atomic mass is 32.2. The summed E-state index contributed by atoms with van der Waals surface area (Å²) in [5.74, 6) is 0.458. The number of thioether (sulfide) groups is 1. The summed E-state index contributed by atoms with van der Waals surface area (Å²) < 4.78 is 1.90. The van der Waals surface area contributed by atoms with Crippen molar-refractivity contribution in [2.75, 3.05) is 17.2 Å². The van der Waals surface area contributed by atoms with E-state index >= 15 is 0 Å². The van der Waals surface area contributed by atoms with E-state index in [0.717, 1.165) is 35.9 Å². The molecule has 4 rings (SSSR count). The minimum absolute atomic E-state index is 0.111. The Bertz CT molecular complexity index is 878. The molecule has 0 saturated heterocycles. The molecule has 0 saturated carbocycles. The summed E-state index contributed by atoms with van der Waals surface area (Å²) in [6.45, 7) is 0.780. The monoisotopic (exact) mass is 350 g/mol. The Hall–Kier alpha value is -2.60. The Kier molecular flexibility index (Phi) is 4.52. The number of hydrogen-bond donors (Lipinski definition) is 0. The average Bonchev–Trinajstić information content (AvgIpc) is 3.15. The number of amides is 1. The van der Waals surface area contributed by atoms with Crippen molar-refractivity contribution in [3.05, 3.63) is 66.5 Å². The van der Waals surface area contributed by atoms with Crippen molar-refractivity contribution < 1.29 is 4.79 Å². The molecule has 0 fully saturated rings. The van der Waals surface area contributed by atoms with E-state index in [4.69, 9.17) is 0 Å². The quantitative estimate of drug-likeness (QED) is 0.677. The third-order valence-corrected chi connectivity index (χ3v) is 5.21. The highest BCUT2D eigenvalue weighted by Gasteiger charge is 2.22. The molecular weight excluding hydrogens is 332 g/mol. The molecule has 0 unspecified atom stereocenters. The largest absolute Gasteiger partial charge is 0.311 e. The number of rotatable bonds is 4. The van der Waals surface area contributed by atoms with Gasteiger partial charge < -0.3 is 4.90 Å². The van der Waals surface area contributed by atoms with Crippen LogP contribution in [0.15, 0.2) is 66.1 Å². The fraction of sp³-hybridized carbons (Fsp3) is 0.211. The molecule has 1 aliphatic heterocycles. The van der Waals surface area contributed by atoms with Crippen LogP contribution in [0, 0.1) is 0 Å². The molecule has 1 amide bonds. The van der Waals surface area contributed by atoms with Crippen LogP contribution < -0.4 is 4.90 Å². The third kappa shape index (κ3) is 3.30. The van der Waals surface area contributed by atoms with E-state index in [2.05, 4.69) is 16.3 Å². The first-order chi connectivity index (χ1) is 12.3. The molecule has 0 radical (unpaired) electrons. The summed E-state index contributed by atoms with van der Waals surface area (Å²) >= 11 is 1.42. The lowest BCUT2D eigenvalue weighted by atomic mass is 10.0. The second-order valence-corrected chi connectivity index (χ2v) is 6.83. The molecule has 6 heteroatoms. The number of para-hydroxylation sites is 2. The molecule has 0 aliphatic carbocycles. The van der Waals surface area contributed by atoms with E-state index in [1.165, 1.54) is 17.3 Å². The minimum atomic E-state index is 0.111. The van der Waals surface area contributed by atoms with Crippen LogP contribution in [-0.4, -0.2) is 33.0 Å². The molecule has 1 aliphatic rings. The second kappa shape index (κ2) is 7.11. The zero-order valence-electron chi connectivity index (χ0n) is 13.7. The number of aryl methyl sites for hydroxylation is 1. The average molecular weight is 350 g/mol. The van der Waals surface area contributed by atoms with E-state index in [1.54, 1.807) is 6.33 Å². The van der Waals surface area contributed by atoms with Gasteiger partial charge in [0.2, 0.25) is 5.91 Å². The lowest BCUT2D eigenvalue weighted by molar-refractivity contribution is -0.116. The molecule has 0 N–H and O–H groups in total. The van der Waals surface area contributed by atoms with Crippen LogP contribution in [0.2, 0.25) is 0 Å². The summed E-state index contributed by atoms with van der Waals surface area (Å²) in [4.78, 5) is 14.6. The number of benzene rings is 2. The van der Waals surface area contributed by atoms with Gasteiger partial charge in [0.1, 0.15) is 6.33 Å². The Morgan fingerprint density at radius 2 is 1.88 bits per heavy atom. The Balaban J connectivity index is 1.48. The highest BCUT2D eigenvalue weighted by molar-refractivity contribution is 7.99. The number of anilines is 1. The molecule has 5 nitrogen and oxygen atoms in total. The van der Waals surface area contributed by atoms with Crippen molar-refractivity contribution in [2.24, 2.45) is 0 Å². The maximum absolute atomic E-state index is 12.8. The van der Waals surface area contributed by atoms with Gasteiger partial charge in [0, 0.05) is 17.9 Å². The summed E-state index contributed by atoms with van der Waals surface area (Å²) in [7, 11) is 0. The molecule has 1 aromatic heterocycles. The van der Waals surface area contributed by atoms with Crippen LogP contribution in [0.5, 0.6) is 0 Å². The topological polar surface area (TPSA) is 51.0 Å². The predicted molar refractivity (Wildman–Crippen MR) is 99.2 cm³/mol. The maximum atomic E-state index is 12.8. The number of carbonyl (C=O) groups excluding carboxylic acids is 1. The van der Waals surface area contributed by atoms with Crippen molar-refractivity contribution in [3.8, 4) is 5.69 Å². The van der Waals surface area contributed by atoms with Crippen LogP contribution in [0.4, 0.5) is 5.69 Å². The van der Waals surface area contributed by atoms with Crippen molar-refractivity contribution in [1.82, 2.24) is 14.8 Å². The first kappa shape index (κ1) is 15.9. The zero-order chi connectivity index (χ0) is 17.1. The number of nitrogens with zero attached hydrogens (tertiary/aromatic N) is 4. The van der Waals surface area contributed by atoms with E-state index in [-0.39, 0.29) is 5.91 Å². The molecule has 25 heavy (non-hydrogen) atoms. The van der Waals surface area contributed by atoms with E-state index < -0.39 is 0 Å². The fourth-order valence-electron chi connectivity index (χ4n) is 3.09. The summed E-state index contributed by atoms with van der Waals surface area (Å²) in [5, 5.41) is 8.88. The third-order valence-electron chi connectivity index (χ3n) is 4.29.